The van der Waals surface area contributed by atoms with Crippen LogP contribution in [0.3, 0.4) is 0 Å². The van der Waals surface area contributed by atoms with Crippen molar-refractivity contribution < 1.29 is 18.0 Å². The summed E-state index contributed by atoms with van der Waals surface area (Å²) in [6, 6.07) is 10.3. The van der Waals surface area contributed by atoms with E-state index in [-0.39, 0.29) is 11.3 Å². The lowest BCUT2D eigenvalue weighted by molar-refractivity contribution is -0.155. The number of nitrogens with one attached hydrogen (secondary N) is 1. The van der Waals surface area contributed by atoms with Gasteiger partial charge in [0, 0.05) is 24.5 Å². The first-order chi connectivity index (χ1) is 13.4. The number of amides is 1. The number of hydrogen-bond donors (Lipinski definition) is 1. The second-order valence-electron chi connectivity index (χ2n) is 6.19. The van der Waals surface area contributed by atoms with E-state index in [9.17, 15) is 18.0 Å². The van der Waals surface area contributed by atoms with Crippen molar-refractivity contribution in [2.45, 2.75) is 31.6 Å². The Kier molecular flexibility index (Phi) is 6.03. The lowest BCUT2D eigenvalue weighted by Crippen LogP contribution is -2.38. The highest BCUT2D eigenvalue weighted by Crippen LogP contribution is 2.32. The van der Waals surface area contributed by atoms with Crippen LogP contribution in [0.25, 0.3) is 0 Å². The monoisotopic (exact) mass is 389 g/mol. The number of halogens is 3. The topological polar surface area (TPSA) is 72.7 Å². The molecule has 1 unspecified atom stereocenters. The molecule has 1 N–H and O–H groups in total. The van der Waals surface area contributed by atoms with E-state index in [1.165, 1.54) is 34.8 Å². The van der Waals surface area contributed by atoms with Gasteiger partial charge in [-0.2, -0.15) is 13.2 Å². The van der Waals surface area contributed by atoms with Gasteiger partial charge < -0.3 is 5.32 Å². The maximum atomic E-state index is 13.3. The molecule has 146 valence electrons. The van der Waals surface area contributed by atoms with Crippen molar-refractivity contribution in [2.24, 2.45) is 0 Å². The quantitative estimate of drug-likeness (QED) is 0.673. The van der Waals surface area contributed by atoms with Crippen LogP contribution < -0.4 is 5.32 Å². The molecule has 0 fully saturated rings. The fourth-order valence-electron chi connectivity index (χ4n) is 2.71. The van der Waals surface area contributed by atoms with Crippen LogP contribution in [0.5, 0.6) is 0 Å². The first-order valence-corrected chi connectivity index (χ1v) is 8.65. The van der Waals surface area contributed by atoms with Crippen LogP contribution in [0.1, 0.15) is 34.1 Å². The molecule has 6 nitrogen and oxygen atoms in total. The minimum Gasteiger partial charge on any atom is -0.335 e. The normalized spacial score (nSPS) is 12.5. The molecule has 3 rings (SSSR count). The van der Waals surface area contributed by atoms with Crippen molar-refractivity contribution in [2.75, 3.05) is 0 Å². The Morgan fingerprint density at radius 2 is 1.93 bits per heavy atom. The van der Waals surface area contributed by atoms with Crippen LogP contribution in [-0.2, 0) is 13.0 Å². The van der Waals surface area contributed by atoms with Crippen molar-refractivity contribution in [3.63, 3.8) is 0 Å². The van der Waals surface area contributed by atoms with Crippen LogP contribution in [0, 0.1) is 0 Å². The van der Waals surface area contributed by atoms with Gasteiger partial charge in [0.1, 0.15) is 0 Å². The Bertz CT molecular complexity index is 897. The SMILES string of the molecule is O=C(NC(c1cccnc1)C(F)(F)F)c1cn(CCCc2ccccc2)nn1. The van der Waals surface area contributed by atoms with Crippen molar-refractivity contribution in [3.8, 4) is 0 Å². The Morgan fingerprint density at radius 1 is 1.14 bits per heavy atom. The number of hydrogen-bond acceptors (Lipinski definition) is 4. The van der Waals surface area contributed by atoms with E-state index in [1.807, 2.05) is 35.6 Å². The van der Waals surface area contributed by atoms with E-state index >= 15 is 0 Å². The molecule has 2 heterocycles. The van der Waals surface area contributed by atoms with E-state index in [2.05, 4.69) is 15.3 Å². The standard InChI is InChI=1S/C19H18F3N5O/c20-19(21,22)17(15-9-4-10-23-12-15)24-18(28)16-13-27(26-25-16)11-5-8-14-6-2-1-3-7-14/h1-4,6-7,9-10,12-13,17H,5,8,11H2,(H,24,28). The molecule has 0 radical (unpaired) electrons. The van der Waals surface area contributed by atoms with Crippen LogP contribution in [0.2, 0.25) is 0 Å². The van der Waals surface area contributed by atoms with Crippen molar-refractivity contribution >= 4 is 5.91 Å². The summed E-state index contributed by atoms with van der Waals surface area (Å²) < 4.78 is 41.4. The molecule has 9 heteroatoms. The van der Waals surface area contributed by atoms with Crippen LogP contribution in [0.15, 0.2) is 61.1 Å². The Hall–Kier alpha value is -3.23. The van der Waals surface area contributed by atoms with Gasteiger partial charge in [-0.1, -0.05) is 41.6 Å². The average Bonchev–Trinajstić information content (AvgIpc) is 3.16. The van der Waals surface area contributed by atoms with Gasteiger partial charge >= 0.3 is 6.18 Å². The molecule has 1 atom stereocenters. The number of aromatic nitrogens is 4. The fourth-order valence-corrected chi connectivity index (χ4v) is 2.71. The van der Waals surface area contributed by atoms with Gasteiger partial charge in [0.2, 0.25) is 0 Å². The predicted octanol–water partition coefficient (Wildman–Crippen LogP) is 3.34. The zero-order valence-corrected chi connectivity index (χ0v) is 14.8. The fraction of sp³-hybridized carbons (Fsp3) is 0.263. The number of aryl methyl sites for hydroxylation is 2. The number of nitrogens with zero attached hydrogens (tertiary/aromatic N) is 4. The van der Waals surface area contributed by atoms with Crippen LogP contribution in [-0.4, -0.2) is 32.1 Å². The maximum Gasteiger partial charge on any atom is 0.412 e. The highest BCUT2D eigenvalue weighted by Gasteiger charge is 2.42. The summed E-state index contributed by atoms with van der Waals surface area (Å²) in [7, 11) is 0. The molecule has 1 amide bonds. The van der Waals surface area contributed by atoms with Gasteiger partial charge in [-0.25, -0.2) is 0 Å². The summed E-state index contributed by atoms with van der Waals surface area (Å²) in [5.74, 6) is -0.944. The van der Waals surface area contributed by atoms with E-state index < -0.39 is 18.1 Å². The second kappa shape index (κ2) is 8.64. The third-order valence-electron chi connectivity index (χ3n) is 4.09. The van der Waals surface area contributed by atoms with E-state index in [4.69, 9.17) is 0 Å². The van der Waals surface area contributed by atoms with Crippen molar-refractivity contribution in [1.82, 2.24) is 25.3 Å². The highest BCUT2D eigenvalue weighted by molar-refractivity contribution is 5.92. The first-order valence-electron chi connectivity index (χ1n) is 8.65. The predicted molar refractivity (Wildman–Crippen MR) is 95.3 cm³/mol. The Balaban J connectivity index is 1.61. The summed E-state index contributed by atoms with van der Waals surface area (Å²) in [4.78, 5) is 15.9. The zero-order valence-electron chi connectivity index (χ0n) is 14.8. The van der Waals surface area contributed by atoms with Crippen molar-refractivity contribution in [1.29, 1.82) is 0 Å². The van der Waals surface area contributed by atoms with Gasteiger partial charge in [-0.05, 0) is 24.5 Å². The number of benzene rings is 1. The molecule has 0 aliphatic heterocycles. The molecule has 0 aliphatic rings. The summed E-state index contributed by atoms with van der Waals surface area (Å²) in [5, 5.41) is 9.48. The summed E-state index contributed by atoms with van der Waals surface area (Å²) in [5.41, 5.74) is 0.849. The van der Waals surface area contributed by atoms with E-state index in [1.54, 1.807) is 0 Å². The highest BCUT2D eigenvalue weighted by atomic mass is 19.4. The number of carbonyl (C=O) groups is 1. The van der Waals surface area contributed by atoms with E-state index in [0.717, 1.165) is 19.0 Å². The molecule has 0 saturated carbocycles. The Labute approximate surface area is 159 Å². The van der Waals surface area contributed by atoms with Crippen LogP contribution in [0.4, 0.5) is 13.2 Å². The molecule has 0 bridgehead atoms. The third kappa shape index (κ3) is 5.15. The molecule has 1 aromatic carbocycles. The second-order valence-corrected chi connectivity index (χ2v) is 6.19. The van der Waals surface area contributed by atoms with Gasteiger partial charge in [-0.3, -0.25) is 14.5 Å². The first kappa shape index (κ1) is 19.5. The minimum atomic E-state index is -4.66. The lowest BCUT2D eigenvalue weighted by atomic mass is 10.1. The van der Waals surface area contributed by atoms with Gasteiger partial charge in [-0.15, -0.1) is 5.10 Å². The number of carbonyl (C=O) groups excluding carboxylic acids is 1. The van der Waals surface area contributed by atoms with Gasteiger partial charge in [0.05, 0.1) is 6.20 Å². The van der Waals surface area contributed by atoms with Gasteiger partial charge in [0.25, 0.3) is 5.91 Å². The maximum absolute atomic E-state index is 13.3. The number of pyridine rings is 1. The molecule has 0 spiro atoms. The molecule has 2 aromatic heterocycles. The Morgan fingerprint density at radius 3 is 2.61 bits per heavy atom. The largest absolute Gasteiger partial charge is 0.412 e. The average molecular weight is 389 g/mol. The van der Waals surface area contributed by atoms with Crippen LogP contribution >= 0.6 is 0 Å². The lowest BCUT2D eigenvalue weighted by Gasteiger charge is -2.21. The molecule has 28 heavy (non-hydrogen) atoms. The van der Waals surface area contributed by atoms with Gasteiger partial charge in [0.15, 0.2) is 11.7 Å². The molecule has 0 aliphatic carbocycles. The minimum absolute atomic E-state index is 0.154. The summed E-state index contributed by atoms with van der Waals surface area (Å²) in [6.45, 7) is 0.500. The molecular weight excluding hydrogens is 371 g/mol. The smallest absolute Gasteiger partial charge is 0.335 e. The number of rotatable bonds is 7. The third-order valence-corrected chi connectivity index (χ3v) is 4.09. The van der Waals surface area contributed by atoms with E-state index in [0.29, 0.717) is 6.54 Å². The number of alkyl halides is 3. The molecule has 3 aromatic rings. The summed E-state index contributed by atoms with van der Waals surface area (Å²) >= 11 is 0. The molecule has 0 saturated heterocycles. The molecular formula is C19H18F3N5O. The van der Waals surface area contributed by atoms with Crippen molar-refractivity contribution in [3.05, 3.63) is 77.9 Å². The zero-order chi connectivity index (χ0) is 20.0. The summed E-state index contributed by atoms with van der Waals surface area (Å²) in [6.07, 6.45) is 0.689.